The summed E-state index contributed by atoms with van der Waals surface area (Å²) in [6.45, 7) is 10.6. The van der Waals surface area contributed by atoms with E-state index >= 15 is 0 Å². The second-order valence-corrected chi connectivity index (χ2v) is 9.46. The van der Waals surface area contributed by atoms with Crippen molar-refractivity contribution in [2.24, 2.45) is 11.8 Å². The van der Waals surface area contributed by atoms with Gasteiger partial charge >= 0.3 is 0 Å². The molecule has 0 spiro atoms. The van der Waals surface area contributed by atoms with Crippen molar-refractivity contribution in [3.8, 4) is 0 Å². The van der Waals surface area contributed by atoms with E-state index in [1.807, 2.05) is 23.7 Å². The Kier molecular flexibility index (Phi) is 7.39. The molecule has 1 N–H and O–H groups in total. The Bertz CT molecular complexity index is 1290. The number of anilines is 1. The van der Waals surface area contributed by atoms with Gasteiger partial charge in [-0.3, -0.25) is 9.78 Å². The van der Waals surface area contributed by atoms with Crippen LogP contribution in [0.1, 0.15) is 47.9 Å². The van der Waals surface area contributed by atoms with Crippen LogP contribution in [0.3, 0.4) is 0 Å². The molecule has 182 valence electrons. The van der Waals surface area contributed by atoms with E-state index in [9.17, 15) is 0 Å². The normalized spacial score (nSPS) is 17.3. The molecule has 5 rings (SSSR count). The maximum Gasteiger partial charge on any atom is 0.290 e. The smallest absolute Gasteiger partial charge is 0.290 e. The number of fused-ring (bicyclic) bond motifs is 1. The van der Waals surface area contributed by atoms with Crippen molar-refractivity contribution in [1.29, 1.82) is 0 Å². The van der Waals surface area contributed by atoms with Gasteiger partial charge in [-0.2, -0.15) is 0 Å². The molecule has 0 amide bonds. The monoisotopic (exact) mass is 472 g/mol. The van der Waals surface area contributed by atoms with E-state index in [0.29, 0.717) is 18.3 Å². The summed E-state index contributed by atoms with van der Waals surface area (Å²) in [5, 5.41) is 6.89. The summed E-state index contributed by atoms with van der Waals surface area (Å²) in [4.78, 5) is 29.9. The first-order chi connectivity index (χ1) is 16.8. The number of hydrogen-bond acceptors (Lipinski definition) is 6. The topological polar surface area (TPSA) is 96.5 Å². The quantitative estimate of drug-likeness (QED) is 0.437. The zero-order valence-corrected chi connectivity index (χ0v) is 20.7. The fourth-order valence-electron chi connectivity index (χ4n) is 4.63. The van der Waals surface area contributed by atoms with Gasteiger partial charge in [-0.05, 0) is 61.1 Å². The lowest BCUT2D eigenvalue weighted by Crippen LogP contribution is -2.22. The molecule has 1 aliphatic rings. The number of aromatic nitrogens is 5. The minimum Gasteiger partial charge on any atom is -0.483 e. The van der Waals surface area contributed by atoms with Gasteiger partial charge in [-0.1, -0.05) is 13.8 Å². The number of imidazole rings is 1. The molecule has 0 radical (unpaired) electrons. The Labute approximate surface area is 205 Å². The van der Waals surface area contributed by atoms with Crippen LogP contribution in [0.25, 0.3) is 5.65 Å². The lowest BCUT2D eigenvalue weighted by Gasteiger charge is -2.19. The number of rotatable bonds is 5. The third-order valence-electron chi connectivity index (χ3n) is 6.46. The van der Waals surface area contributed by atoms with Crippen molar-refractivity contribution in [3.63, 3.8) is 0 Å². The summed E-state index contributed by atoms with van der Waals surface area (Å²) in [5.74, 6) is 3.21. The summed E-state index contributed by atoms with van der Waals surface area (Å²) >= 11 is 0. The van der Waals surface area contributed by atoms with E-state index in [4.69, 9.17) is 24.9 Å². The summed E-state index contributed by atoms with van der Waals surface area (Å²) in [7, 11) is 0. The van der Waals surface area contributed by atoms with Crippen LogP contribution in [0.4, 0.5) is 5.82 Å². The maximum atomic E-state index is 8.36. The largest absolute Gasteiger partial charge is 0.483 e. The summed E-state index contributed by atoms with van der Waals surface area (Å²) < 4.78 is 2.03. The van der Waals surface area contributed by atoms with E-state index in [1.54, 1.807) is 0 Å². The predicted octanol–water partition coefficient (Wildman–Crippen LogP) is 4.11. The molecule has 8 nitrogen and oxygen atoms in total. The highest BCUT2D eigenvalue weighted by Crippen LogP contribution is 2.27. The number of hydrogen-bond donors (Lipinski definition) is 1. The molecule has 8 heteroatoms. The van der Waals surface area contributed by atoms with Crippen molar-refractivity contribution in [1.82, 2.24) is 24.3 Å². The molecule has 35 heavy (non-hydrogen) atoms. The Morgan fingerprint density at radius 2 is 1.69 bits per heavy atom. The zero-order chi connectivity index (χ0) is 24.9. The molecule has 0 bridgehead atoms. The van der Waals surface area contributed by atoms with E-state index < -0.39 is 0 Å². The van der Waals surface area contributed by atoms with Crippen LogP contribution >= 0.6 is 0 Å². The van der Waals surface area contributed by atoms with Crippen molar-refractivity contribution in [2.45, 2.75) is 40.5 Å². The van der Waals surface area contributed by atoms with Crippen molar-refractivity contribution < 1.29 is 9.90 Å². The Morgan fingerprint density at radius 3 is 2.40 bits per heavy atom. The first-order valence-electron chi connectivity index (χ1n) is 11.9. The molecule has 0 aromatic carbocycles. The molecule has 4 aromatic heterocycles. The SMILES string of the molecule is Cc1cc(C)nc(Cc2nc(Cc3ccn4ccnc4c3)cc(N3CC(C)C(C)C3)n2)c1.O=CO. The highest BCUT2D eigenvalue weighted by molar-refractivity contribution is 5.45. The van der Waals surface area contributed by atoms with Crippen LogP contribution < -0.4 is 4.90 Å². The third kappa shape index (κ3) is 6.01. The number of carbonyl (C=O) groups is 1. The van der Waals surface area contributed by atoms with E-state index in [0.717, 1.165) is 53.9 Å². The van der Waals surface area contributed by atoms with Crippen LogP contribution in [0.2, 0.25) is 0 Å². The molecule has 2 unspecified atom stereocenters. The fraction of sp³-hybridized carbons (Fsp3) is 0.370. The van der Waals surface area contributed by atoms with Crippen molar-refractivity contribution in [2.75, 3.05) is 18.0 Å². The van der Waals surface area contributed by atoms with Crippen LogP contribution in [-0.2, 0) is 17.6 Å². The van der Waals surface area contributed by atoms with E-state index in [2.05, 4.69) is 67.2 Å². The number of carboxylic acid groups (broad SMARTS) is 1. The number of pyridine rings is 2. The fourth-order valence-corrected chi connectivity index (χ4v) is 4.63. The predicted molar refractivity (Wildman–Crippen MR) is 136 cm³/mol. The van der Waals surface area contributed by atoms with Crippen LogP contribution in [0.15, 0.2) is 48.9 Å². The highest BCUT2D eigenvalue weighted by atomic mass is 16.3. The lowest BCUT2D eigenvalue weighted by atomic mass is 10.0. The van der Waals surface area contributed by atoms with Crippen molar-refractivity contribution in [3.05, 3.63) is 83.0 Å². The van der Waals surface area contributed by atoms with Gasteiger partial charge in [0, 0.05) is 55.6 Å². The average molecular weight is 473 g/mol. The second-order valence-electron chi connectivity index (χ2n) is 9.46. The van der Waals surface area contributed by atoms with Crippen LogP contribution in [0, 0.1) is 25.7 Å². The Balaban J connectivity index is 0.000000917. The molecular weight excluding hydrogens is 440 g/mol. The van der Waals surface area contributed by atoms with Gasteiger partial charge in [0.25, 0.3) is 6.47 Å². The minimum atomic E-state index is -0.250. The molecule has 1 fully saturated rings. The first kappa shape index (κ1) is 24.3. The number of aryl methyl sites for hydroxylation is 2. The van der Waals surface area contributed by atoms with E-state index in [1.165, 1.54) is 11.1 Å². The average Bonchev–Trinajstić information content (AvgIpc) is 3.39. The molecule has 1 aliphatic heterocycles. The van der Waals surface area contributed by atoms with Gasteiger partial charge in [0.1, 0.15) is 17.3 Å². The molecular formula is C27H32N6O2. The van der Waals surface area contributed by atoms with Gasteiger partial charge in [0.2, 0.25) is 0 Å². The summed E-state index contributed by atoms with van der Waals surface area (Å²) in [5.41, 5.74) is 6.47. The highest BCUT2D eigenvalue weighted by Gasteiger charge is 2.27. The molecule has 0 aliphatic carbocycles. The van der Waals surface area contributed by atoms with Gasteiger partial charge in [0.15, 0.2) is 0 Å². The zero-order valence-electron chi connectivity index (χ0n) is 20.7. The van der Waals surface area contributed by atoms with Crippen LogP contribution in [0.5, 0.6) is 0 Å². The molecule has 0 saturated carbocycles. The van der Waals surface area contributed by atoms with Crippen molar-refractivity contribution >= 4 is 17.9 Å². The first-order valence-corrected chi connectivity index (χ1v) is 11.9. The maximum absolute atomic E-state index is 8.36. The summed E-state index contributed by atoms with van der Waals surface area (Å²) in [6.07, 6.45) is 7.25. The Hall–Kier alpha value is -3.81. The van der Waals surface area contributed by atoms with Crippen LogP contribution in [-0.4, -0.2) is 49.0 Å². The van der Waals surface area contributed by atoms with Gasteiger partial charge in [0.05, 0.1) is 12.1 Å². The molecule has 5 heterocycles. The third-order valence-corrected chi connectivity index (χ3v) is 6.46. The van der Waals surface area contributed by atoms with E-state index in [-0.39, 0.29) is 6.47 Å². The molecule has 2 atom stereocenters. The second kappa shape index (κ2) is 10.6. The lowest BCUT2D eigenvalue weighted by molar-refractivity contribution is -0.122. The Morgan fingerprint density at radius 1 is 0.971 bits per heavy atom. The summed E-state index contributed by atoms with van der Waals surface area (Å²) in [6, 6.07) is 10.7. The van der Waals surface area contributed by atoms with Gasteiger partial charge < -0.3 is 14.4 Å². The molecule has 1 saturated heterocycles. The minimum absolute atomic E-state index is 0.250. The number of nitrogens with zero attached hydrogens (tertiary/aromatic N) is 6. The standard InChI is InChI=1S/C26H30N6.CH2O2/c1-17-9-20(4)28-22(10-17)13-24-29-23(11-21-5-7-31-8-6-27-25(31)12-21)14-26(30-24)32-15-18(2)19(3)16-32;2-1-3/h5-10,12,14,18-19H,11,13,15-16H2,1-4H3;1H,(H,2,3). The molecule has 4 aromatic rings. The van der Waals surface area contributed by atoms with Gasteiger partial charge in [-0.25, -0.2) is 15.0 Å². The van der Waals surface area contributed by atoms with Gasteiger partial charge in [-0.15, -0.1) is 0 Å².